The van der Waals surface area contributed by atoms with E-state index in [1.807, 2.05) is 37.3 Å². The van der Waals surface area contributed by atoms with Gasteiger partial charge in [-0.2, -0.15) is 0 Å². The number of halogens is 1. The molecule has 124 valence electrons. The molecule has 0 saturated heterocycles. The zero-order valence-corrected chi connectivity index (χ0v) is 14.1. The number of para-hydroxylation sites is 2. The van der Waals surface area contributed by atoms with Crippen LogP contribution in [0, 0.1) is 5.82 Å². The number of amides is 1. The number of carbonyl (C=O) groups excluding carboxylic acids is 1. The Bertz CT molecular complexity index is 816. The number of fused-ring (bicyclic) bond motifs is 1. The molecule has 1 aromatic heterocycles. The zero-order valence-electron chi connectivity index (χ0n) is 13.3. The smallest absolute Gasteiger partial charge is 0.233 e. The summed E-state index contributed by atoms with van der Waals surface area (Å²) in [6, 6.07) is 14.1. The van der Waals surface area contributed by atoms with Crippen LogP contribution in [0.4, 0.5) is 4.39 Å². The Hall–Kier alpha value is -2.34. The number of carbonyl (C=O) groups is 1. The minimum atomic E-state index is -0.285. The Labute approximate surface area is 144 Å². The Morgan fingerprint density at radius 1 is 1.25 bits per heavy atom. The first kappa shape index (κ1) is 16.5. The first-order chi connectivity index (χ1) is 11.7. The van der Waals surface area contributed by atoms with Gasteiger partial charge in [-0.3, -0.25) is 4.79 Å². The molecule has 2 aromatic carbocycles. The van der Waals surface area contributed by atoms with Crippen molar-refractivity contribution in [3.05, 3.63) is 59.9 Å². The van der Waals surface area contributed by atoms with Crippen molar-refractivity contribution in [2.45, 2.75) is 18.6 Å². The quantitative estimate of drug-likeness (QED) is 0.692. The highest BCUT2D eigenvalue weighted by molar-refractivity contribution is 7.99. The molecule has 0 atom stereocenters. The Balaban J connectivity index is 1.61. The zero-order chi connectivity index (χ0) is 16.9. The summed E-state index contributed by atoms with van der Waals surface area (Å²) in [6.45, 7) is 2.91. The molecule has 0 spiro atoms. The van der Waals surface area contributed by atoms with Gasteiger partial charge in [-0.15, -0.1) is 0 Å². The Morgan fingerprint density at radius 3 is 2.83 bits per heavy atom. The van der Waals surface area contributed by atoms with Gasteiger partial charge in [0, 0.05) is 13.1 Å². The average Bonchev–Trinajstić information content (AvgIpc) is 3.00. The number of thioether (sulfide) groups is 1. The van der Waals surface area contributed by atoms with Crippen LogP contribution < -0.4 is 0 Å². The van der Waals surface area contributed by atoms with Gasteiger partial charge in [-0.1, -0.05) is 36.0 Å². The van der Waals surface area contributed by atoms with E-state index in [1.165, 1.54) is 23.9 Å². The summed E-state index contributed by atoms with van der Waals surface area (Å²) in [6.07, 6.45) is 0. The molecule has 6 heteroatoms. The molecule has 3 aromatic rings. The molecule has 4 nitrogen and oxygen atoms in total. The summed E-state index contributed by atoms with van der Waals surface area (Å²) >= 11 is 1.38. The number of aromatic amines is 1. The molecule has 0 aliphatic rings. The van der Waals surface area contributed by atoms with Gasteiger partial charge in [0.2, 0.25) is 5.91 Å². The molecule has 0 saturated carbocycles. The van der Waals surface area contributed by atoms with Crippen LogP contribution in [0.5, 0.6) is 0 Å². The van der Waals surface area contributed by atoms with Crippen LogP contribution in [-0.4, -0.2) is 33.1 Å². The van der Waals surface area contributed by atoms with E-state index in [4.69, 9.17) is 0 Å². The molecule has 1 N–H and O–H groups in total. The van der Waals surface area contributed by atoms with E-state index < -0.39 is 0 Å². The average molecular weight is 343 g/mol. The second-order valence-electron chi connectivity index (χ2n) is 5.39. The van der Waals surface area contributed by atoms with Gasteiger partial charge < -0.3 is 9.88 Å². The number of rotatable bonds is 6. The summed E-state index contributed by atoms with van der Waals surface area (Å²) in [5, 5.41) is 0.728. The van der Waals surface area contributed by atoms with Crippen molar-refractivity contribution in [1.29, 1.82) is 0 Å². The fraction of sp³-hybridized carbons (Fsp3) is 0.222. The summed E-state index contributed by atoms with van der Waals surface area (Å²) < 4.78 is 13.3. The summed E-state index contributed by atoms with van der Waals surface area (Å²) in [4.78, 5) is 21.8. The van der Waals surface area contributed by atoms with Crippen molar-refractivity contribution in [1.82, 2.24) is 14.9 Å². The standard InChI is InChI=1S/C18H18FN3OS/c1-2-22(11-13-6-5-7-14(19)10-13)17(23)12-24-18-20-15-8-3-4-9-16(15)21-18/h3-10H,2,11-12H2,1H3,(H,20,21). The van der Waals surface area contributed by atoms with Gasteiger partial charge in [0.05, 0.1) is 16.8 Å². The van der Waals surface area contributed by atoms with E-state index in [2.05, 4.69) is 9.97 Å². The van der Waals surface area contributed by atoms with Crippen LogP contribution in [0.2, 0.25) is 0 Å². The Kier molecular flexibility index (Phi) is 5.15. The summed E-state index contributed by atoms with van der Waals surface area (Å²) in [5.74, 6) is 0.0167. The lowest BCUT2D eigenvalue weighted by molar-refractivity contribution is -0.128. The van der Waals surface area contributed by atoms with Crippen molar-refractivity contribution < 1.29 is 9.18 Å². The fourth-order valence-electron chi connectivity index (χ4n) is 2.45. The van der Waals surface area contributed by atoms with Crippen molar-refractivity contribution in [2.75, 3.05) is 12.3 Å². The van der Waals surface area contributed by atoms with Crippen LogP contribution >= 0.6 is 11.8 Å². The number of nitrogens with zero attached hydrogens (tertiary/aromatic N) is 2. The number of aromatic nitrogens is 2. The van der Waals surface area contributed by atoms with E-state index >= 15 is 0 Å². The van der Waals surface area contributed by atoms with E-state index in [9.17, 15) is 9.18 Å². The predicted molar refractivity (Wildman–Crippen MR) is 94.3 cm³/mol. The summed E-state index contributed by atoms with van der Waals surface area (Å²) in [5.41, 5.74) is 2.64. The minimum absolute atomic E-state index is 0.00668. The van der Waals surface area contributed by atoms with Crippen LogP contribution in [0.1, 0.15) is 12.5 Å². The molecular formula is C18H18FN3OS. The lowest BCUT2D eigenvalue weighted by atomic mass is 10.2. The maximum Gasteiger partial charge on any atom is 0.233 e. The second kappa shape index (κ2) is 7.49. The van der Waals surface area contributed by atoms with Crippen molar-refractivity contribution in [3.63, 3.8) is 0 Å². The maximum absolute atomic E-state index is 13.3. The molecule has 24 heavy (non-hydrogen) atoms. The van der Waals surface area contributed by atoms with Gasteiger partial charge in [0.25, 0.3) is 0 Å². The predicted octanol–water partition coefficient (Wildman–Crippen LogP) is 3.84. The van der Waals surface area contributed by atoms with Crippen LogP contribution in [0.15, 0.2) is 53.7 Å². The third-order valence-electron chi connectivity index (χ3n) is 3.70. The molecule has 0 aliphatic heterocycles. The first-order valence-electron chi connectivity index (χ1n) is 7.75. The fourth-order valence-corrected chi connectivity index (χ4v) is 3.24. The van der Waals surface area contributed by atoms with Crippen molar-refractivity contribution in [2.24, 2.45) is 0 Å². The summed E-state index contributed by atoms with van der Waals surface area (Å²) in [7, 11) is 0. The number of imidazole rings is 1. The van der Waals surface area contributed by atoms with Gasteiger partial charge in [-0.25, -0.2) is 9.37 Å². The SMILES string of the molecule is CCN(Cc1cccc(F)c1)C(=O)CSc1nc2ccccc2[nH]1. The van der Waals surface area contributed by atoms with E-state index in [0.717, 1.165) is 21.8 Å². The van der Waals surface area contributed by atoms with Crippen LogP contribution in [0.3, 0.4) is 0 Å². The maximum atomic E-state index is 13.3. The molecule has 0 radical (unpaired) electrons. The van der Waals surface area contributed by atoms with E-state index in [0.29, 0.717) is 18.8 Å². The lowest BCUT2D eigenvalue weighted by Crippen LogP contribution is -2.31. The number of nitrogens with one attached hydrogen (secondary N) is 1. The molecule has 0 fully saturated rings. The lowest BCUT2D eigenvalue weighted by Gasteiger charge is -2.20. The molecule has 1 heterocycles. The van der Waals surface area contributed by atoms with Crippen LogP contribution in [0.25, 0.3) is 11.0 Å². The van der Waals surface area contributed by atoms with E-state index in [1.54, 1.807) is 11.0 Å². The number of benzene rings is 2. The van der Waals surface area contributed by atoms with Gasteiger partial charge in [0.15, 0.2) is 5.16 Å². The number of hydrogen-bond donors (Lipinski definition) is 1. The highest BCUT2D eigenvalue weighted by Crippen LogP contribution is 2.20. The second-order valence-corrected chi connectivity index (χ2v) is 6.35. The van der Waals surface area contributed by atoms with Gasteiger partial charge in [0.1, 0.15) is 5.82 Å². The van der Waals surface area contributed by atoms with Crippen molar-refractivity contribution >= 4 is 28.7 Å². The number of hydrogen-bond acceptors (Lipinski definition) is 3. The molecule has 0 unspecified atom stereocenters. The van der Waals surface area contributed by atoms with E-state index in [-0.39, 0.29) is 11.7 Å². The third kappa shape index (κ3) is 3.94. The molecule has 0 aliphatic carbocycles. The molecule has 1 amide bonds. The monoisotopic (exact) mass is 343 g/mol. The van der Waals surface area contributed by atoms with Gasteiger partial charge in [-0.05, 0) is 36.8 Å². The molecule has 3 rings (SSSR count). The van der Waals surface area contributed by atoms with Crippen LogP contribution in [-0.2, 0) is 11.3 Å². The highest BCUT2D eigenvalue weighted by atomic mass is 32.2. The van der Waals surface area contributed by atoms with Crippen molar-refractivity contribution in [3.8, 4) is 0 Å². The normalized spacial score (nSPS) is 10.9. The number of H-pyrrole nitrogens is 1. The minimum Gasteiger partial charge on any atom is -0.338 e. The third-order valence-corrected chi connectivity index (χ3v) is 4.55. The first-order valence-corrected chi connectivity index (χ1v) is 8.74. The molecular weight excluding hydrogens is 325 g/mol. The van der Waals surface area contributed by atoms with Gasteiger partial charge >= 0.3 is 0 Å². The largest absolute Gasteiger partial charge is 0.338 e. The molecule has 0 bridgehead atoms. The highest BCUT2D eigenvalue weighted by Gasteiger charge is 2.14. The Morgan fingerprint density at radius 2 is 2.08 bits per heavy atom. The topological polar surface area (TPSA) is 49.0 Å².